The van der Waals surface area contributed by atoms with Crippen LogP contribution in [0.4, 0.5) is 0 Å². The average molecular weight is 247 g/mol. The first-order valence-electron chi connectivity index (χ1n) is 5.28. The van der Waals surface area contributed by atoms with Crippen molar-refractivity contribution < 1.29 is 4.79 Å². The van der Waals surface area contributed by atoms with E-state index < -0.39 is 0 Å². The second-order valence-corrected chi connectivity index (χ2v) is 4.67. The van der Waals surface area contributed by atoms with Crippen LogP contribution in [0.2, 0.25) is 0 Å². The summed E-state index contributed by atoms with van der Waals surface area (Å²) >= 11 is 1.55. The minimum Gasteiger partial charge on any atom is -0.298 e. The quantitative estimate of drug-likeness (QED) is 0.755. The summed E-state index contributed by atoms with van der Waals surface area (Å²) in [7, 11) is 1.79. The van der Waals surface area contributed by atoms with Gasteiger partial charge in [-0.25, -0.2) is 4.98 Å². The smallest absolute Gasteiger partial charge is 0.150 e. The van der Waals surface area contributed by atoms with E-state index in [1.807, 2.05) is 30.3 Å². The molecule has 0 amide bonds. The third-order valence-electron chi connectivity index (χ3n) is 2.30. The summed E-state index contributed by atoms with van der Waals surface area (Å²) in [6, 6.07) is 9.90. The molecule has 0 aliphatic heterocycles. The molecular formula is C12H13N3OS. The van der Waals surface area contributed by atoms with Gasteiger partial charge in [-0.2, -0.15) is 5.10 Å². The van der Waals surface area contributed by atoms with E-state index in [1.165, 1.54) is 6.33 Å². The van der Waals surface area contributed by atoms with Crippen LogP contribution < -0.4 is 0 Å². The van der Waals surface area contributed by atoms with Gasteiger partial charge in [-0.3, -0.25) is 9.48 Å². The van der Waals surface area contributed by atoms with Crippen LogP contribution >= 0.6 is 11.8 Å². The normalized spacial score (nSPS) is 10.4. The highest BCUT2D eigenvalue weighted by Gasteiger charge is 2.08. The molecule has 17 heavy (non-hydrogen) atoms. The number of hydrogen-bond donors (Lipinski definition) is 0. The fourth-order valence-corrected chi connectivity index (χ4v) is 2.17. The van der Waals surface area contributed by atoms with Crippen molar-refractivity contribution in [2.75, 3.05) is 5.75 Å². The van der Waals surface area contributed by atoms with Crippen LogP contribution in [0.15, 0.2) is 41.6 Å². The summed E-state index contributed by atoms with van der Waals surface area (Å²) < 4.78 is 1.63. The zero-order valence-corrected chi connectivity index (χ0v) is 10.4. The summed E-state index contributed by atoms with van der Waals surface area (Å²) in [5, 5.41) is 3.93. The Morgan fingerprint density at radius 1 is 1.35 bits per heavy atom. The number of carbonyl (C=O) groups excluding carboxylic acids is 1. The molecular weight excluding hydrogens is 234 g/mol. The Morgan fingerprint density at radius 3 is 2.76 bits per heavy atom. The van der Waals surface area contributed by atoms with E-state index in [4.69, 9.17) is 0 Å². The molecule has 0 aliphatic carbocycles. The maximum atomic E-state index is 11.7. The lowest BCUT2D eigenvalue weighted by Crippen LogP contribution is -2.10. The van der Waals surface area contributed by atoms with E-state index in [-0.39, 0.29) is 5.78 Å². The van der Waals surface area contributed by atoms with Crippen LogP contribution in [0.1, 0.15) is 5.82 Å². The lowest BCUT2D eigenvalue weighted by Gasteiger charge is -2.01. The first-order valence-corrected chi connectivity index (χ1v) is 6.26. The number of benzene rings is 1. The van der Waals surface area contributed by atoms with Gasteiger partial charge < -0.3 is 0 Å². The molecule has 1 heterocycles. The van der Waals surface area contributed by atoms with E-state index in [0.29, 0.717) is 18.0 Å². The number of thioether (sulfide) groups is 1. The largest absolute Gasteiger partial charge is 0.298 e. The number of hydrogen-bond acceptors (Lipinski definition) is 4. The van der Waals surface area contributed by atoms with Crippen molar-refractivity contribution in [3.8, 4) is 0 Å². The van der Waals surface area contributed by atoms with Gasteiger partial charge in [-0.15, -0.1) is 11.8 Å². The molecule has 0 saturated carbocycles. The average Bonchev–Trinajstić information content (AvgIpc) is 2.74. The van der Waals surface area contributed by atoms with E-state index in [0.717, 1.165) is 4.90 Å². The minimum absolute atomic E-state index is 0.162. The van der Waals surface area contributed by atoms with Crippen molar-refractivity contribution in [2.45, 2.75) is 11.3 Å². The lowest BCUT2D eigenvalue weighted by molar-refractivity contribution is -0.116. The molecule has 2 aromatic rings. The van der Waals surface area contributed by atoms with Gasteiger partial charge in [0.2, 0.25) is 0 Å². The van der Waals surface area contributed by atoms with E-state index in [1.54, 1.807) is 23.5 Å². The standard InChI is InChI=1S/C12H13N3OS/c1-15-12(13-9-14-15)7-10(16)8-17-11-5-3-2-4-6-11/h2-6,9H,7-8H2,1H3. The Hall–Kier alpha value is -1.62. The fourth-order valence-electron chi connectivity index (χ4n) is 1.39. The third kappa shape index (κ3) is 3.42. The van der Waals surface area contributed by atoms with Gasteiger partial charge in [0.15, 0.2) is 5.78 Å². The number of carbonyl (C=O) groups is 1. The van der Waals surface area contributed by atoms with E-state index >= 15 is 0 Å². The van der Waals surface area contributed by atoms with E-state index in [2.05, 4.69) is 10.1 Å². The highest BCUT2D eigenvalue weighted by Crippen LogP contribution is 2.17. The summed E-state index contributed by atoms with van der Waals surface area (Å²) in [6.07, 6.45) is 1.81. The Morgan fingerprint density at radius 2 is 2.12 bits per heavy atom. The van der Waals surface area contributed by atoms with Gasteiger partial charge in [0, 0.05) is 11.9 Å². The van der Waals surface area contributed by atoms with Crippen molar-refractivity contribution in [1.82, 2.24) is 14.8 Å². The second-order valence-electron chi connectivity index (χ2n) is 3.62. The number of rotatable bonds is 5. The zero-order valence-electron chi connectivity index (χ0n) is 9.54. The summed E-state index contributed by atoms with van der Waals surface area (Å²) in [4.78, 5) is 16.9. The molecule has 1 aromatic carbocycles. The van der Waals surface area contributed by atoms with Crippen molar-refractivity contribution in [2.24, 2.45) is 7.05 Å². The van der Waals surface area contributed by atoms with Crippen LogP contribution in [-0.4, -0.2) is 26.3 Å². The maximum absolute atomic E-state index is 11.7. The maximum Gasteiger partial charge on any atom is 0.150 e. The molecule has 0 atom stereocenters. The summed E-state index contributed by atoms with van der Waals surface area (Å²) in [6.45, 7) is 0. The molecule has 0 unspecified atom stereocenters. The summed E-state index contributed by atoms with van der Waals surface area (Å²) in [5.74, 6) is 1.34. The van der Waals surface area contributed by atoms with Gasteiger partial charge in [0.05, 0.1) is 12.2 Å². The molecule has 5 heteroatoms. The molecule has 1 aromatic heterocycles. The fraction of sp³-hybridized carbons (Fsp3) is 0.250. The molecule has 4 nitrogen and oxygen atoms in total. The van der Waals surface area contributed by atoms with Crippen LogP contribution in [0.5, 0.6) is 0 Å². The van der Waals surface area contributed by atoms with Crippen molar-refractivity contribution in [3.05, 3.63) is 42.5 Å². The molecule has 2 rings (SSSR count). The Balaban J connectivity index is 1.85. The lowest BCUT2D eigenvalue weighted by atomic mass is 10.3. The van der Waals surface area contributed by atoms with Gasteiger partial charge in [-0.1, -0.05) is 18.2 Å². The van der Waals surface area contributed by atoms with Gasteiger partial charge in [-0.05, 0) is 12.1 Å². The van der Waals surface area contributed by atoms with Crippen LogP contribution in [-0.2, 0) is 18.3 Å². The van der Waals surface area contributed by atoms with Crippen LogP contribution in [0, 0.1) is 0 Å². The minimum atomic E-state index is 0.162. The first-order chi connectivity index (χ1) is 8.25. The molecule has 0 radical (unpaired) electrons. The number of aryl methyl sites for hydroxylation is 1. The molecule has 0 spiro atoms. The topological polar surface area (TPSA) is 47.8 Å². The van der Waals surface area contributed by atoms with Gasteiger partial charge in [0.25, 0.3) is 0 Å². The highest BCUT2D eigenvalue weighted by molar-refractivity contribution is 8.00. The number of aromatic nitrogens is 3. The molecule has 0 N–H and O–H groups in total. The predicted octanol–water partition coefficient (Wildman–Crippen LogP) is 1.72. The Kier molecular flexibility index (Phi) is 3.93. The van der Waals surface area contributed by atoms with Crippen LogP contribution in [0.3, 0.4) is 0 Å². The van der Waals surface area contributed by atoms with Crippen molar-refractivity contribution in [3.63, 3.8) is 0 Å². The monoisotopic (exact) mass is 247 g/mol. The zero-order chi connectivity index (χ0) is 12.1. The third-order valence-corrected chi connectivity index (χ3v) is 3.38. The molecule has 0 fully saturated rings. The van der Waals surface area contributed by atoms with Crippen molar-refractivity contribution in [1.29, 1.82) is 0 Å². The number of ketones is 1. The highest BCUT2D eigenvalue weighted by atomic mass is 32.2. The Bertz CT molecular complexity index is 495. The molecule has 0 aliphatic rings. The van der Waals surface area contributed by atoms with Crippen LogP contribution in [0.25, 0.3) is 0 Å². The second kappa shape index (κ2) is 5.63. The number of nitrogens with zero attached hydrogens (tertiary/aromatic N) is 3. The van der Waals surface area contributed by atoms with E-state index in [9.17, 15) is 4.79 Å². The first kappa shape index (κ1) is 11.9. The van der Waals surface area contributed by atoms with Gasteiger partial charge >= 0.3 is 0 Å². The molecule has 0 bridgehead atoms. The summed E-state index contributed by atoms with van der Waals surface area (Å²) in [5.41, 5.74) is 0. The SMILES string of the molecule is Cn1ncnc1CC(=O)CSc1ccccc1. The number of Topliss-reactive ketones (excluding diaryl/α,β-unsaturated/α-hetero) is 1. The van der Waals surface area contributed by atoms with Gasteiger partial charge in [0.1, 0.15) is 12.2 Å². The van der Waals surface area contributed by atoms with Crippen molar-refractivity contribution >= 4 is 17.5 Å². The molecule has 0 saturated heterocycles. The molecule has 88 valence electrons. The predicted molar refractivity (Wildman–Crippen MR) is 66.9 cm³/mol. The Labute approximate surface area is 104 Å².